The molecule has 0 amide bonds. The number of nitrogens with one attached hydrogen (secondary N) is 1. The lowest BCUT2D eigenvalue weighted by molar-refractivity contribution is 0.242. The fraction of sp³-hybridized carbons (Fsp3) is 0.556. The fourth-order valence-corrected chi connectivity index (χ4v) is 2.61. The Bertz CT molecular complexity index is 437. The highest BCUT2D eigenvalue weighted by atomic mass is 16.5. The highest BCUT2D eigenvalue weighted by molar-refractivity contribution is 5.28. The first-order valence-corrected chi connectivity index (χ1v) is 7.88. The van der Waals surface area contributed by atoms with Crippen molar-refractivity contribution in [2.45, 2.75) is 58.6 Å². The van der Waals surface area contributed by atoms with Crippen LogP contribution in [0.2, 0.25) is 0 Å². The zero-order valence-electron chi connectivity index (χ0n) is 12.8. The number of allylic oxidation sites excluding steroid dienone is 1. The second kappa shape index (κ2) is 8.11. The molecule has 0 bridgehead atoms. The average Bonchev–Trinajstić information content (AvgIpc) is 2.44. The van der Waals surface area contributed by atoms with Gasteiger partial charge in [0.15, 0.2) is 0 Å². The van der Waals surface area contributed by atoms with Crippen molar-refractivity contribution in [3.8, 4) is 5.75 Å². The third-order valence-electron chi connectivity index (χ3n) is 3.61. The van der Waals surface area contributed by atoms with Crippen LogP contribution in [0.5, 0.6) is 5.75 Å². The van der Waals surface area contributed by atoms with Crippen LogP contribution in [0.4, 0.5) is 0 Å². The molecule has 2 heteroatoms. The molecule has 0 unspecified atom stereocenters. The van der Waals surface area contributed by atoms with Gasteiger partial charge in [-0.2, -0.15) is 0 Å². The summed E-state index contributed by atoms with van der Waals surface area (Å²) in [4.78, 5) is 0. The highest BCUT2D eigenvalue weighted by Gasteiger charge is 2.03. The van der Waals surface area contributed by atoms with Crippen LogP contribution in [0, 0.1) is 0 Å². The van der Waals surface area contributed by atoms with Crippen LogP contribution in [0.1, 0.15) is 51.5 Å². The molecule has 1 aromatic rings. The number of hydrogen-bond acceptors (Lipinski definition) is 2. The fourth-order valence-electron chi connectivity index (χ4n) is 2.61. The maximum absolute atomic E-state index is 5.72. The molecular weight excluding hydrogens is 246 g/mol. The van der Waals surface area contributed by atoms with Crippen molar-refractivity contribution in [1.29, 1.82) is 0 Å². The summed E-state index contributed by atoms with van der Waals surface area (Å²) in [6.45, 7) is 6.11. The second-order valence-electron chi connectivity index (χ2n) is 5.85. The maximum Gasteiger partial charge on any atom is 0.120 e. The first-order valence-electron chi connectivity index (χ1n) is 7.88. The minimum Gasteiger partial charge on any atom is -0.491 e. The van der Waals surface area contributed by atoms with E-state index in [0.717, 1.165) is 18.8 Å². The van der Waals surface area contributed by atoms with E-state index in [1.807, 2.05) is 6.07 Å². The zero-order valence-corrected chi connectivity index (χ0v) is 12.8. The van der Waals surface area contributed by atoms with Gasteiger partial charge in [0.2, 0.25) is 0 Å². The van der Waals surface area contributed by atoms with Crippen LogP contribution < -0.4 is 10.1 Å². The van der Waals surface area contributed by atoms with Crippen molar-refractivity contribution in [2.24, 2.45) is 0 Å². The Kier molecular flexibility index (Phi) is 6.13. The van der Waals surface area contributed by atoms with Gasteiger partial charge < -0.3 is 10.1 Å². The second-order valence-corrected chi connectivity index (χ2v) is 5.85. The maximum atomic E-state index is 5.72. The van der Waals surface area contributed by atoms with Gasteiger partial charge in [-0.3, -0.25) is 0 Å². The first-order chi connectivity index (χ1) is 9.74. The van der Waals surface area contributed by atoms with E-state index in [0.29, 0.717) is 0 Å². The van der Waals surface area contributed by atoms with E-state index < -0.39 is 0 Å². The van der Waals surface area contributed by atoms with Gasteiger partial charge in [-0.05, 0) is 70.2 Å². The minimum atomic E-state index is 0.233. The quantitative estimate of drug-likeness (QED) is 0.585. The van der Waals surface area contributed by atoms with Crippen molar-refractivity contribution in [3.63, 3.8) is 0 Å². The van der Waals surface area contributed by atoms with Crippen LogP contribution >= 0.6 is 0 Å². The summed E-state index contributed by atoms with van der Waals surface area (Å²) in [6, 6.07) is 8.38. The molecule has 1 aliphatic rings. The standard InChI is InChI=1S/C18H27NO/c1-15(2)20-18-10-6-9-17(13-18)14-19-12-11-16-7-4-3-5-8-16/h6-7,9-10,13,15,19H,3-5,8,11-12,14H2,1-2H3. The smallest absolute Gasteiger partial charge is 0.120 e. The topological polar surface area (TPSA) is 21.3 Å². The van der Waals surface area contributed by atoms with Crippen LogP contribution in [-0.4, -0.2) is 12.6 Å². The van der Waals surface area contributed by atoms with E-state index in [2.05, 4.69) is 43.4 Å². The van der Waals surface area contributed by atoms with Gasteiger partial charge in [-0.25, -0.2) is 0 Å². The van der Waals surface area contributed by atoms with E-state index in [1.165, 1.54) is 37.7 Å². The van der Waals surface area contributed by atoms with Gasteiger partial charge in [0.05, 0.1) is 6.10 Å². The number of benzene rings is 1. The normalized spacial score (nSPS) is 15.2. The first kappa shape index (κ1) is 15.1. The summed E-state index contributed by atoms with van der Waals surface area (Å²) in [5.41, 5.74) is 2.93. The number of rotatable bonds is 7. The van der Waals surface area contributed by atoms with Crippen molar-refractivity contribution < 1.29 is 4.74 Å². The Morgan fingerprint density at radius 1 is 1.25 bits per heavy atom. The van der Waals surface area contributed by atoms with Crippen LogP contribution in [0.3, 0.4) is 0 Å². The molecule has 0 aromatic heterocycles. The lowest BCUT2D eigenvalue weighted by atomic mass is 9.97. The van der Waals surface area contributed by atoms with E-state index in [4.69, 9.17) is 4.74 Å². The Labute approximate surface area is 123 Å². The third kappa shape index (κ3) is 5.38. The van der Waals surface area contributed by atoms with Crippen molar-refractivity contribution in [1.82, 2.24) is 5.32 Å². The molecule has 2 rings (SSSR count). The summed E-state index contributed by atoms with van der Waals surface area (Å²) in [6.07, 6.45) is 9.20. The molecule has 0 spiro atoms. The molecule has 1 N–H and O–H groups in total. The SMILES string of the molecule is CC(C)Oc1cccc(CNCCC2=CCCCC2)c1. The van der Waals surface area contributed by atoms with E-state index in [-0.39, 0.29) is 6.10 Å². The van der Waals surface area contributed by atoms with Crippen molar-refractivity contribution in [3.05, 3.63) is 41.5 Å². The molecule has 0 atom stereocenters. The van der Waals surface area contributed by atoms with E-state index >= 15 is 0 Å². The van der Waals surface area contributed by atoms with Gasteiger partial charge in [0, 0.05) is 6.54 Å². The molecule has 0 saturated carbocycles. The van der Waals surface area contributed by atoms with Crippen molar-refractivity contribution >= 4 is 0 Å². The molecule has 0 fully saturated rings. The van der Waals surface area contributed by atoms with Crippen LogP contribution in [-0.2, 0) is 6.54 Å². The molecule has 1 aliphatic carbocycles. The number of ether oxygens (including phenoxy) is 1. The van der Waals surface area contributed by atoms with Gasteiger partial charge >= 0.3 is 0 Å². The van der Waals surface area contributed by atoms with Crippen LogP contribution in [0.25, 0.3) is 0 Å². The Hall–Kier alpha value is -1.28. The highest BCUT2D eigenvalue weighted by Crippen LogP contribution is 2.19. The number of hydrogen-bond donors (Lipinski definition) is 1. The monoisotopic (exact) mass is 273 g/mol. The van der Waals surface area contributed by atoms with Crippen LogP contribution in [0.15, 0.2) is 35.9 Å². The van der Waals surface area contributed by atoms with E-state index in [1.54, 1.807) is 5.57 Å². The van der Waals surface area contributed by atoms with Gasteiger partial charge in [-0.15, -0.1) is 0 Å². The largest absolute Gasteiger partial charge is 0.491 e. The molecule has 110 valence electrons. The summed E-state index contributed by atoms with van der Waals surface area (Å²) in [7, 11) is 0. The summed E-state index contributed by atoms with van der Waals surface area (Å²) < 4.78 is 5.72. The van der Waals surface area contributed by atoms with Gasteiger partial charge in [-0.1, -0.05) is 23.8 Å². The Morgan fingerprint density at radius 2 is 2.15 bits per heavy atom. The minimum absolute atomic E-state index is 0.233. The predicted octanol–water partition coefficient (Wildman–Crippen LogP) is 4.45. The zero-order chi connectivity index (χ0) is 14.2. The third-order valence-corrected chi connectivity index (χ3v) is 3.61. The molecule has 0 heterocycles. The van der Waals surface area contributed by atoms with Gasteiger partial charge in [0.25, 0.3) is 0 Å². The molecule has 0 saturated heterocycles. The molecule has 0 aliphatic heterocycles. The molecule has 0 radical (unpaired) electrons. The van der Waals surface area contributed by atoms with Gasteiger partial charge in [0.1, 0.15) is 5.75 Å². The molecule has 20 heavy (non-hydrogen) atoms. The average molecular weight is 273 g/mol. The summed E-state index contributed by atoms with van der Waals surface area (Å²) >= 11 is 0. The Balaban J connectivity index is 1.72. The molecular formula is C18H27NO. The lowest BCUT2D eigenvalue weighted by Gasteiger charge is -2.13. The van der Waals surface area contributed by atoms with E-state index in [9.17, 15) is 0 Å². The molecule has 2 nitrogen and oxygen atoms in total. The molecule has 1 aromatic carbocycles. The Morgan fingerprint density at radius 3 is 2.90 bits per heavy atom. The predicted molar refractivity (Wildman–Crippen MR) is 85.1 cm³/mol. The summed E-state index contributed by atoms with van der Waals surface area (Å²) in [5, 5.41) is 3.53. The summed E-state index contributed by atoms with van der Waals surface area (Å²) in [5.74, 6) is 0.967. The lowest BCUT2D eigenvalue weighted by Crippen LogP contribution is -2.16. The van der Waals surface area contributed by atoms with Crippen molar-refractivity contribution in [2.75, 3.05) is 6.54 Å².